The number of amides is 1. The predicted molar refractivity (Wildman–Crippen MR) is 114 cm³/mol. The fourth-order valence-corrected chi connectivity index (χ4v) is 3.96. The van der Waals surface area contributed by atoms with Crippen LogP contribution in [0.5, 0.6) is 17.2 Å². The number of pyridine rings is 1. The Morgan fingerprint density at radius 2 is 1.91 bits per heavy atom. The Morgan fingerprint density at radius 1 is 1.09 bits per heavy atom. The van der Waals surface area contributed by atoms with Crippen LogP contribution in [0.1, 0.15) is 22.7 Å². The number of phenols is 1. The van der Waals surface area contributed by atoms with Crippen LogP contribution < -0.4 is 14.4 Å². The highest BCUT2D eigenvalue weighted by Gasteiger charge is 2.48. The number of ether oxygens (including phenoxy) is 2. The minimum absolute atomic E-state index is 0.0618. The second kappa shape index (κ2) is 7.42. The fraction of sp³-hybridized carbons (Fsp3) is 0.125. The quantitative estimate of drug-likeness (QED) is 0.372. The Morgan fingerprint density at radius 3 is 2.69 bits per heavy atom. The molecule has 2 aromatic carbocycles. The Hall–Kier alpha value is -4.33. The van der Waals surface area contributed by atoms with Crippen molar-refractivity contribution in [2.24, 2.45) is 0 Å². The van der Waals surface area contributed by atoms with Crippen LogP contribution in [0.2, 0.25) is 0 Å². The summed E-state index contributed by atoms with van der Waals surface area (Å²) in [7, 11) is 0. The molecule has 5 rings (SSSR count). The van der Waals surface area contributed by atoms with Crippen molar-refractivity contribution in [3.8, 4) is 17.2 Å². The van der Waals surface area contributed by atoms with Crippen LogP contribution >= 0.6 is 0 Å². The van der Waals surface area contributed by atoms with Gasteiger partial charge in [0.1, 0.15) is 11.5 Å². The zero-order valence-electron chi connectivity index (χ0n) is 17.0. The van der Waals surface area contributed by atoms with Crippen LogP contribution in [-0.2, 0) is 9.59 Å². The molecule has 2 aliphatic heterocycles. The number of phenolic OH excluding ortho intramolecular Hbond substituents is 1. The Balaban J connectivity index is 1.73. The maximum atomic E-state index is 13.2. The zero-order chi connectivity index (χ0) is 22.4. The summed E-state index contributed by atoms with van der Waals surface area (Å²) in [5, 5.41) is 21.6. The molecular formula is C24H18N2O6. The number of benzene rings is 2. The van der Waals surface area contributed by atoms with Crippen LogP contribution in [0.25, 0.3) is 5.76 Å². The monoisotopic (exact) mass is 430 g/mol. The lowest BCUT2D eigenvalue weighted by atomic mass is 9.96. The van der Waals surface area contributed by atoms with E-state index in [1.807, 2.05) is 6.92 Å². The molecule has 0 radical (unpaired) electrons. The highest BCUT2D eigenvalue weighted by Crippen LogP contribution is 2.45. The van der Waals surface area contributed by atoms with E-state index in [0.29, 0.717) is 22.6 Å². The van der Waals surface area contributed by atoms with E-state index in [0.717, 1.165) is 5.56 Å². The number of carbonyl (C=O) groups is 2. The molecule has 0 saturated carbocycles. The van der Waals surface area contributed by atoms with E-state index in [1.54, 1.807) is 48.7 Å². The molecule has 1 amide bonds. The molecule has 1 fully saturated rings. The number of nitrogens with zero attached hydrogens (tertiary/aromatic N) is 2. The molecular weight excluding hydrogens is 412 g/mol. The predicted octanol–water partition coefficient (Wildman–Crippen LogP) is 3.45. The molecule has 0 aliphatic carbocycles. The average molecular weight is 430 g/mol. The summed E-state index contributed by atoms with van der Waals surface area (Å²) in [6, 6.07) is 11.9. The van der Waals surface area contributed by atoms with Crippen molar-refractivity contribution in [1.82, 2.24) is 4.98 Å². The number of aromatic nitrogens is 1. The molecule has 32 heavy (non-hydrogen) atoms. The van der Waals surface area contributed by atoms with E-state index in [4.69, 9.17) is 9.47 Å². The lowest BCUT2D eigenvalue weighted by molar-refractivity contribution is -0.132. The number of aryl methyl sites for hydroxylation is 1. The Kier molecular flexibility index (Phi) is 4.55. The normalized spacial score (nSPS) is 18.9. The first-order valence-corrected chi connectivity index (χ1v) is 9.86. The zero-order valence-corrected chi connectivity index (χ0v) is 17.0. The number of anilines is 1. The molecule has 0 spiro atoms. The smallest absolute Gasteiger partial charge is 0.300 e. The van der Waals surface area contributed by atoms with Gasteiger partial charge in [0.25, 0.3) is 11.7 Å². The number of rotatable bonds is 3. The summed E-state index contributed by atoms with van der Waals surface area (Å²) >= 11 is 0. The lowest BCUT2D eigenvalue weighted by Gasteiger charge is -2.26. The Bertz CT molecular complexity index is 1280. The lowest BCUT2D eigenvalue weighted by Crippen LogP contribution is -2.29. The van der Waals surface area contributed by atoms with Gasteiger partial charge in [-0.3, -0.25) is 19.5 Å². The number of aliphatic hydroxyl groups excluding tert-OH is 1. The number of hydrogen-bond donors (Lipinski definition) is 2. The second-order valence-corrected chi connectivity index (χ2v) is 7.52. The van der Waals surface area contributed by atoms with Gasteiger partial charge in [-0.2, -0.15) is 0 Å². The average Bonchev–Trinajstić information content (AvgIpc) is 3.38. The molecule has 3 heterocycles. The van der Waals surface area contributed by atoms with Crippen molar-refractivity contribution in [2.45, 2.75) is 13.0 Å². The summed E-state index contributed by atoms with van der Waals surface area (Å²) in [5.74, 6) is -1.29. The van der Waals surface area contributed by atoms with Gasteiger partial charge in [-0.15, -0.1) is 0 Å². The third-order valence-corrected chi connectivity index (χ3v) is 5.48. The van der Waals surface area contributed by atoms with Crippen LogP contribution in [0, 0.1) is 6.92 Å². The Labute approximate surface area is 183 Å². The van der Waals surface area contributed by atoms with E-state index in [-0.39, 0.29) is 29.6 Å². The molecule has 1 saturated heterocycles. The van der Waals surface area contributed by atoms with Crippen molar-refractivity contribution in [2.75, 3.05) is 11.7 Å². The molecule has 2 N–H and O–H groups in total. The molecule has 8 heteroatoms. The van der Waals surface area contributed by atoms with E-state index in [2.05, 4.69) is 4.98 Å². The highest BCUT2D eigenvalue weighted by atomic mass is 16.7. The van der Waals surface area contributed by atoms with Crippen molar-refractivity contribution in [1.29, 1.82) is 0 Å². The van der Waals surface area contributed by atoms with Gasteiger partial charge in [0.2, 0.25) is 6.79 Å². The van der Waals surface area contributed by atoms with Crippen molar-refractivity contribution in [3.05, 3.63) is 83.2 Å². The third kappa shape index (κ3) is 3.04. The number of carbonyl (C=O) groups excluding carboxylic acids is 2. The van der Waals surface area contributed by atoms with E-state index >= 15 is 0 Å². The molecule has 1 atom stereocenters. The van der Waals surface area contributed by atoms with Crippen molar-refractivity contribution in [3.63, 3.8) is 0 Å². The van der Waals surface area contributed by atoms with E-state index < -0.39 is 17.7 Å². The van der Waals surface area contributed by atoms with Gasteiger partial charge >= 0.3 is 0 Å². The highest BCUT2D eigenvalue weighted by molar-refractivity contribution is 6.51. The second-order valence-electron chi connectivity index (χ2n) is 7.52. The molecule has 0 bridgehead atoms. The SMILES string of the molecule is Cc1ccc(O)c(N2C(=O)C(=O)/C(=C(\O)c3ccc4c(c3)OCO4)C2c2cccnc2)c1. The number of Topliss-reactive ketones (excluding diaryl/α,β-unsaturated/α-hetero) is 1. The first-order chi connectivity index (χ1) is 15.5. The maximum absolute atomic E-state index is 13.2. The minimum Gasteiger partial charge on any atom is -0.507 e. The van der Waals surface area contributed by atoms with Gasteiger partial charge in [0, 0.05) is 18.0 Å². The standard InChI is InChI=1S/C24H18N2O6/c1-13-4-6-17(27)16(9-13)26-21(15-3-2-8-25-11-15)20(23(29)24(26)30)22(28)14-5-7-18-19(10-14)32-12-31-18/h2-11,21,27-28H,12H2,1H3/b22-20-. The van der Waals surface area contributed by atoms with Crippen molar-refractivity contribution < 1.29 is 29.3 Å². The summed E-state index contributed by atoms with van der Waals surface area (Å²) in [5.41, 5.74) is 1.67. The van der Waals surface area contributed by atoms with Gasteiger partial charge in [-0.1, -0.05) is 12.1 Å². The molecule has 160 valence electrons. The van der Waals surface area contributed by atoms with Crippen LogP contribution in [0.3, 0.4) is 0 Å². The molecule has 1 unspecified atom stereocenters. The van der Waals surface area contributed by atoms with Crippen LogP contribution in [-0.4, -0.2) is 33.7 Å². The minimum atomic E-state index is -0.984. The largest absolute Gasteiger partial charge is 0.507 e. The molecule has 2 aliphatic rings. The van der Waals surface area contributed by atoms with E-state index in [1.165, 1.54) is 17.2 Å². The topological polar surface area (TPSA) is 109 Å². The molecule has 8 nitrogen and oxygen atoms in total. The maximum Gasteiger partial charge on any atom is 0.300 e. The fourth-order valence-electron chi connectivity index (χ4n) is 3.96. The number of aliphatic hydroxyl groups is 1. The summed E-state index contributed by atoms with van der Waals surface area (Å²) in [4.78, 5) is 31.6. The van der Waals surface area contributed by atoms with Crippen LogP contribution in [0.4, 0.5) is 5.69 Å². The number of fused-ring (bicyclic) bond motifs is 1. The van der Waals surface area contributed by atoms with Gasteiger partial charge in [-0.25, -0.2) is 0 Å². The number of ketones is 1. The van der Waals surface area contributed by atoms with E-state index in [9.17, 15) is 19.8 Å². The first kappa shape index (κ1) is 19.6. The van der Waals surface area contributed by atoms with Gasteiger partial charge in [0.05, 0.1) is 17.3 Å². The summed E-state index contributed by atoms with van der Waals surface area (Å²) in [6.45, 7) is 1.87. The van der Waals surface area contributed by atoms with Gasteiger partial charge in [0.15, 0.2) is 11.5 Å². The first-order valence-electron chi connectivity index (χ1n) is 9.86. The summed E-state index contributed by atoms with van der Waals surface area (Å²) in [6.07, 6.45) is 3.08. The third-order valence-electron chi connectivity index (χ3n) is 5.48. The van der Waals surface area contributed by atoms with Crippen molar-refractivity contribution >= 4 is 23.1 Å². The number of aromatic hydroxyl groups is 1. The van der Waals surface area contributed by atoms with Crippen LogP contribution in [0.15, 0.2) is 66.5 Å². The molecule has 1 aromatic heterocycles. The van der Waals surface area contributed by atoms with Gasteiger partial charge in [-0.05, 0) is 54.4 Å². The number of hydrogen-bond acceptors (Lipinski definition) is 7. The summed E-state index contributed by atoms with van der Waals surface area (Å²) < 4.78 is 10.7. The van der Waals surface area contributed by atoms with Gasteiger partial charge < -0.3 is 19.7 Å². The molecule has 3 aromatic rings.